The van der Waals surface area contributed by atoms with Crippen molar-refractivity contribution in [1.29, 1.82) is 0 Å². The van der Waals surface area contributed by atoms with E-state index >= 15 is 0 Å². The number of rotatable bonds is 5. The molecule has 3 rings (SSSR count). The fraction of sp³-hybridized carbons (Fsp3) is 0.267. The highest BCUT2D eigenvalue weighted by Gasteiger charge is 2.37. The van der Waals surface area contributed by atoms with Crippen molar-refractivity contribution in [3.63, 3.8) is 0 Å². The predicted molar refractivity (Wildman–Crippen MR) is 95.3 cm³/mol. The second kappa shape index (κ2) is 7.60. The Hall–Kier alpha value is -1.92. The summed E-state index contributed by atoms with van der Waals surface area (Å²) < 4.78 is 51.7. The number of fused-ring (bicyclic) bond motifs is 1. The van der Waals surface area contributed by atoms with E-state index in [-0.39, 0.29) is 40.4 Å². The molecular formula is C15H11Br2F3N4O3. The van der Waals surface area contributed by atoms with Gasteiger partial charge in [-0.3, -0.25) is 4.79 Å². The molecule has 0 saturated heterocycles. The lowest BCUT2D eigenvalue weighted by Gasteiger charge is -2.10. The van der Waals surface area contributed by atoms with Crippen molar-refractivity contribution >= 4 is 43.4 Å². The van der Waals surface area contributed by atoms with Crippen LogP contribution in [0.4, 0.5) is 13.2 Å². The summed E-state index contributed by atoms with van der Waals surface area (Å²) in [6, 6.07) is 3.82. The number of carbonyl (C=O) groups excluding carboxylic acids is 1. The van der Waals surface area contributed by atoms with Gasteiger partial charge in [0, 0.05) is 13.7 Å². The molecule has 0 fully saturated rings. The number of furan rings is 1. The molecule has 0 bridgehead atoms. The lowest BCUT2D eigenvalue weighted by molar-refractivity contribution is -0.142. The van der Waals surface area contributed by atoms with E-state index in [0.29, 0.717) is 9.18 Å². The van der Waals surface area contributed by atoms with Crippen LogP contribution in [-0.2, 0) is 10.9 Å². The molecule has 0 aliphatic carbocycles. The summed E-state index contributed by atoms with van der Waals surface area (Å²) >= 11 is 6.23. The van der Waals surface area contributed by atoms with Crippen molar-refractivity contribution in [2.24, 2.45) is 0 Å². The Morgan fingerprint density at radius 1 is 1.37 bits per heavy atom. The van der Waals surface area contributed by atoms with Crippen LogP contribution in [-0.4, -0.2) is 40.8 Å². The normalized spacial score (nSPS) is 11.9. The number of hydrogen-bond donors (Lipinski definition) is 1. The monoisotopic (exact) mass is 510 g/mol. The highest BCUT2D eigenvalue weighted by atomic mass is 79.9. The molecule has 1 N–H and O–H groups in total. The van der Waals surface area contributed by atoms with E-state index in [1.807, 2.05) is 0 Å². The van der Waals surface area contributed by atoms with Gasteiger partial charge >= 0.3 is 6.18 Å². The molecule has 0 atom stereocenters. The molecule has 0 saturated carbocycles. The minimum atomic E-state index is -4.73. The maximum absolute atomic E-state index is 13.5. The third-order valence-corrected chi connectivity index (χ3v) is 4.61. The number of hydrogen-bond acceptors (Lipinski definition) is 5. The second-order valence-corrected chi connectivity index (χ2v) is 6.85. The molecule has 144 valence electrons. The van der Waals surface area contributed by atoms with Crippen LogP contribution in [0.1, 0.15) is 16.2 Å². The number of nitrogens with one attached hydrogen (secondary N) is 1. The Bertz CT molecular complexity index is 1000. The van der Waals surface area contributed by atoms with Gasteiger partial charge in [-0.15, -0.1) is 0 Å². The summed E-state index contributed by atoms with van der Waals surface area (Å²) in [6.45, 7) is 0.432. The van der Waals surface area contributed by atoms with E-state index in [9.17, 15) is 18.0 Å². The zero-order chi connectivity index (χ0) is 19.8. The van der Waals surface area contributed by atoms with Crippen LogP contribution < -0.4 is 5.32 Å². The molecule has 3 aromatic rings. The quantitative estimate of drug-likeness (QED) is 0.525. The van der Waals surface area contributed by atoms with Gasteiger partial charge in [0.25, 0.3) is 5.91 Å². The van der Waals surface area contributed by atoms with Gasteiger partial charge in [-0.05, 0) is 50.1 Å². The molecule has 27 heavy (non-hydrogen) atoms. The van der Waals surface area contributed by atoms with E-state index in [1.54, 1.807) is 0 Å². The van der Waals surface area contributed by atoms with Crippen LogP contribution in [0, 0.1) is 0 Å². The predicted octanol–water partition coefficient (Wildman–Crippen LogP) is 3.91. The summed E-state index contributed by atoms with van der Waals surface area (Å²) in [4.78, 5) is 16.4. The molecular weight excluding hydrogens is 501 g/mol. The van der Waals surface area contributed by atoms with E-state index in [0.717, 1.165) is 6.07 Å². The van der Waals surface area contributed by atoms with Gasteiger partial charge in [0.05, 0.1) is 11.1 Å². The van der Waals surface area contributed by atoms with Crippen molar-refractivity contribution < 1.29 is 27.1 Å². The Labute approximate surface area is 167 Å². The number of halogens is 5. The highest BCUT2D eigenvalue weighted by Crippen LogP contribution is 2.35. The standard InChI is InChI=1S/C15H11Br2F3N4O3/c1-26-5-4-21-14(25)12-11(17)13-22-7(8-2-3-10(16)27-8)6-9(15(18,19)20)24(13)23-12/h2-3,6H,4-5H2,1H3,(H,21,25). The van der Waals surface area contributed by atoms with Gasteiger partial charge in [-0.1, -0.05) is 0 Å². The maximum Gasteiger partial charge on any atom is 0.433 e. The van der Waals surface area contributed by atoms with E-state index in [4.69, 9.17) is 9.15 Å². The molecule has 1 amide bonds. The molecule has 12 heteroatoms. The maximum atomic E-state index is 13.5. The van der Waals surface area contributed by atoms with Crippen molar-refractivity contribution in [3.05, 3.63) is 38.7 Å². The van der Waals surface area contributed by atoms with Crippen LogP contribution in [0.25, 0.3) is 17.1 Å². The molecule has 3 aromatic heterocycles. The molecule has 0 aliphatic rings. The van der Waals surface area contributed by atoms with Gasteiger partial charge in [0.15, 0.2) is 27.5 Å². The zero-order valence-corrected chi connectivity index (χ0v) is 16.8. The first-order valence-corrected chi connectivity index (χ1v) is 9.00. The summed E-state index contributed by atoms with van der Waals surface area (Å²) in [5.41, 5.74) is -1.52. The van der Waals surface area contributed by atoms with E-state index in [1.165, 1.54) is 19.2 Å². The summed E-state index contributed by atoms with van der Waals surface area (Å²) in [6.07, 6.45) is -4.73. The second-order valence-electron chi connectivity index (χ2n) is 5.27. The Balaban J connectivity index is 2.15. The Morgan fingerprint density at radius 2 is 2.11 bits per heavy atom. The molecule has 0 aliphatic heterocycles. The van der Waals surface area contributed by atoms with Gasteiger partial charge in [0.1, 0.15) is 5.69 Å². The fourth-order valence-electron chi connectivity index (χ4n) is 2.27. The summed E-state index contributed by atoms with van der Waals surface area (Å²) in [7, 11) is 1.46. The van der Waals surface area contributed by atoms with Gasteiger partial charge in [0.2, 0.25) is 0 Å². The van der Waals surface area contributed by atoms with Gasteiger partial charge in [-0.25, -0.2) is 9.50 Å². The van der Waals surface area contributed by atoms with Crippen LogP contribution in [0.15, 0.2) is 31.8 Å². The van der Waals surface area contributed by atoms with Gasteiger partial charge < -0.3 is 14.5 Å². The number of nitrogens with zero attached hydrogens (tertiary/aromatic N) is 3. The average molecular weight is 512 g/mol. The number of amides is 1. The van der Waals surface area contributed by atoms with Crippen molar-refractivity contribution in [3.8, 4) is 11.5 Å². The SMILES string of the molecule is COCCNC(=O)c1nn2c(C(F)(F)F)cc(-c3ccc(Br)o3)nc2c1Br. The first-order chi connectivity index (χ1) is 12.7. The summed E-state index contributed by atoms with van der Waals surface area (Å²) in [5, 5.41) is 6.30. The first-order valence-electron chi connectivity index (χ1n) is 7.41. The summed E-state index contributed by atoms with van der Waals surface area (Å²) in [5.74, 6) is -0.520. The number of alkyl halides is 3. The zero-order valence-electron chi connectivity index (χ0n) is 13.6. The smallest absolute Gasteiger partial charge is 0.433 e. The minimum absolute atomic E-state index is 0.0374. The van der Waals surface area contributed by atoms with Crippen molar-refractivity contribution in [2.45, 2.75) is 6.18 Å². The largest absolute Gasteiger partial charge is 0.448 e. The first kappa shape index (κ1) is 19.8. The van der Waals surface area contributed by atoms with Crippen LogP contribution in [0.5, 0.6) is 0 Å². The fourth-order valence-corrected chi connectivity index (χ4v) is 3.09. The Morgan fingerprint density at radius 3 is 2.70 bits per heavy atom. The Kier molecular flexibility index (Phi) is 5.58. The molecule has 0 radical (unpaired) electrons. The third kappa shape index (κ3) is 4.01. The molecule has 0 spiro atoms. The van der Waals surface area contributed by atoms with Crippen LogP contribution in [0.3, 0.4) is 0 Å². The van der Waals surface area contributed by atoms with E-state index in [2.05, 4.69) is 47.3 Å². The third-order valence-electron chi connectivity index (χ3n) is 3.46. The van der Waals surface area contributed by atoms with Crippen LogP contribution >= 0.6 is 31.9 Å². The minimum Gasteiger partial charge on any atom is -0.448 e. The molecule has 0 aromatic carbocycles. The molecule has 7 nitrogen and oxygen atoms in total. The van der Waals surface area contributed by atoms with Crippen molar-refractivity contribution in [1.82, 2.24) is 19.9 Å². The lowest BCUT2D eigenvalue weighted by Crippen LogP contribution is -2.27. The number of carbonyl (C=O) groups is 1. The van der Waals surface area contributed by atoms with Gasteiger partial charge in [-0.2, -0.15) is 18.3 Å². The lowest BCUT2D eigenvalue weighted by atomic mass is 10.2. The molecule has 3 heterocycles. The molecule has 0 unspecified atom stereocenters. The van der Waals surface area contributed by atoms with Crippen molar-refractivity contribution in [2.75, 3.05) is 20.3 Å². The van der Waals surface area contributed by atoms with Crippen LogP contribution in [0.2, 0.25) is 0 Å². The topological polar surface area (TPSA) is 81.7 Å². The number of ether oxygens (including phenoxy) is 1. The number of methoxy groups -OCH3 is 1. The number of aromatic nitrogens is 3. The highest BCUT2D eigenvalue weighted by molar-refractivity contribution is 9.10. The average Bonchev–Trinajstić information content (AvgIpc) is 3.17. The van der Waals surface area contributed by atoms with E-state index < -0.39 is 17.8 Å².